The van der Waals surface area contributed by atoms with Gasteiger partial charge in [0.05, 0.1) is 0 Å². The molecule has 1 heterocycles. The van der Waals surface area contributed by atoms with Crippen LogP contribution in [-0.2, 0) is 11.2 Å². The number of nitrogens with zero attached hydrogens (tertiary/aromatic N) is 2. The van der Waals surface area contributed by atoms with E-state index < -0.39 is 0 Å². The zero-order valence-electron chi connectivity index (χ0n) is 13.5. The molecule has 0 saturated heterocycles. The summed E-state index contributed by atoms with van der Waals surface area (Å²) in [6.07, 6.45) is 1.65. The molecule has 2 aromatic rings. The molecule has 0 aliphatic carbocycles. The molecule has 0 radical (unpaired) electrons. The van der Waals surface area contributed by atoms with E-state index >= 15 is 0 Å². The highest BCUT2D eigenvalue weighted by molar-refractivity contribution is 6.30. The molecule has 0 spiro atoms. The lowest BCUT2D eigenvalue weighted by Crippen LogP contribution is -2.31. The van der Waals surface area contributed by atoms with Crippen LogP contribution in [0.1, 0.15) is 25.7 Å². The average molecular weight is 373 g/mol. The van der Waals surface area contributed by atoms with Crippen molar-refractivity contribution in [2.24, 2.45) is 11.7 Å². The van der Waals surface area contributed by atoms with E-state index in [2.05, 4.69) is 15.5 Å². The zero-order valence-corrected chi connectivity index (χ0v) is 15.1. The van der Waals surface area contributed by atoms with Crippen molar-refractivity contribution in [2.75, 3.05) is 13.1 Å². The summed E-state index contributed by atoms with van der Waals surface area (Å²) in [5.41, 5.74) is 6.35. The Hall–Kier alpha value is -1.63. The largest absolute Gasteiger partial charge is 0.356 e. The number of benzene rings is 1. The van der Waals surface area contributed by atoms with E-state index in [4.69, 9.17) is 21.9 Å². The highest BCUT2D eigenvalue weighted by Gasteiger charge is 2.10. The molecular formula is C16H22Cl2N4O2. The number of hydrogen-bond donors (Lipinski definition) is 2. The summed E-state index contributed by atoms with van der Waals surface area (Å²) in [4.78, 5) is 16.0. The molecule has 1 atom stereocenters. The molecule has 24 heavy (non-hydrogen) atoms. The van der Waals surface area contributed by atoms with Crippen molar-refractivity contribution in [3.63, 3.8) is 0 Å². The Morgan fingerprint density at radius 2 is 2.08 bits per heavy atom. The molecular weight excluding hydrogens is 351 g/mol. The first-order chi connectivity index (χ1) is 11.1. The van der Waals surface area contributed by atoms with Crippen LogP contribution in [0.5, 0.6) is 0 Å². The van der Waals surface area contributed by atoms with Crippen LogP contribution in [0, 0.1) is 5.92 Å². The average Bonchev–Trinajstić information content (AvgIpc) is 3.02. The monoisotopic (exact) mass is 372 g/mol. The van der Waals surface area contributed by atoms with Crippen molar-refractivity contribution in [1.82, 2.24) is 15.5 Å². The number of aromatic nitrogens is 2. The number of halogens is 2. The summed E-state index contributed by atoms with van der Waals surface area (Å²) in [6, 6.07) is 7.23. The van der Waals surface area contributed by atoms with E-state index in [1.165, 1.54) is 0 Å². The molecule has 0 saturated carbocycles. The molecule has 1 unspecified atom stereocenters. The molecule has 0 bridgehead atoms. The van der Waals surface area contributed by atoms with Crippen LogP contribution < -0.4 is 11.1 Å². The summed E-state index contributed by atoms with van der Waals surface area (Å²) in [5.74, 6) is 1.36. The Morgan fingerprint density at radius 3 is 2.75 bits per heavy atom. The quantitative estimate of drug-likeness (QED) is 0.742. The number of aryl methyl sites for hydroxylation is 1. The number of nitrogens with one attached hydrogen (secondary N) is 1. The van der Waals surface area contributed by atoms with Crippen LogP contribution in [0.4, 0.5) is 0 Å². The Morgan fingerprint density at radius 1 is 1.38 bits per heavy atom. The van der Waals surface area contributed by atoms with Gasteiger partial charge in [-0.15, -0.1) is 12.4 Å². The molecule has 3 N–H and O–H groups in total. The Kier molecular flexibility index (Phi) is 8.74. The highest BCUT2D eigenvalue weighted by atomic mass is 35.5. The van der Waals surface area contributed by atoms with Crippen molar-refractivity contribution >= 4 is 29.9 Å². The third-order valence-electron chi connectivity index (χ3n) is 3.42. The maximum Gasteiger partial charge on any atom is 0.226 e. The number of carbonyl (C=O) groups is 1. The highest BCUT2D eigenvalue weighted by Crippen LogP contribution is 2.19. The number of rotatable bonds is 8. The van der Waals surface area contributed by atoms with Gasteiger partial charge in [0.2, 0.25) is 17.6 Å². The topological polar surface area (TPSA) is 94.0 Å². The van der Waals surface area contributed by atoms with Gasteiger partial charge in [-0.1, -0.05) is 23.7 Å². The van der Waals surface area contributed by atoms with Gasteiger partial charge < -0.3 is 15.6 Å². The molecule has 2 rings (SSSR count). The second kappa shape index (κ2) is 10.3. The third kappa shape index (κ3) is 6.47. The minimum atomic E-state index is 0. The van der Waals surface area contributed by atoms with Crippen molar-refractivity contribution in [2.45, 2.75) is 26.2 Å². The second-order valence-corrected chi connectivity index (χ2v) is 5.95. The summed E-state index contributed by atoms with van der Waals surface area (Å²) in [7, 11) is 0. The fourth-order valence-electron chi connectivity index (χ4n) is 1.93. The van der Waals surface area contributed by atoms with Gasteiger partial charge in [0.25, 0.3) is 0 Å². The molecule has 132 valence electrons. The fraction of sp³-hybridized carbons (Fsp3) is 0.438. The first-order valence-electron chi connectivity index (χ1n) is 7.63. The molecule has 0 aliphatic rings. The van der Waals surface area contributed by atoms with Crippen molar-refractivity contribution in [3.8, 4) is 11.4 Å². The van der Waals surface area contributed by atoms with Crippen molar-refractivity contribution < 1.29 is 9.32 Å². The molecule has 0 fully saturated rings. The van der Waals surface area contributed by atoms with Gasteiger partial charge in [0, 0.05) is 30.0 Å². The predicted molar refractivity (Wildman–Crippen MR) is 96.2 cm³/mol. The van der Waals surface area contributed by atoms with E-state index in [-0.39, 0.29) is 24.2 Å². The fourth-order valence-corrected chi connectivity index (χ4v) is 2.06. The maximum atomic E-state index is 11.7. The molecule has 6 nitrogen and oxygen atoms in total. The molecule has 1 amide bonds. The van der Waals surface area contributed by atoms with Crippen LogP contribution in [0.25, 0.3) is 11.4 Å². The van der Waals surface area contributed by atoms with Gasteiger partial charge in [-0.05, 0) is 43.1 Å². The first kappa shape index (κ1) is 20.4. The Bertz CT molecular complexity index is 631. The van der Waals surface area contributed by atoms with Crippen LogP contribution in [0.3, 0.4) is 0 Å². The van der Waals surface area contributed by atoms with Gasteiger partial charge in [0.15, 0.2) is 0 Å². The zero-order chi connectivity index (χ0) is 16.7. The number of carbonyl (C=O) groups excluding carboxylic acids is 1. The predicted octanol–water partition coefficient (Wildman–Crippen LogP) is 2.85. The van der Waals surface area contributed by atoms with Crippen LogP contribution >= 0.6 is 24.0 Å². The van der Waals surface area contributed by atoms with Gasteiger partial charge in [-0.2, -0.15) is 4.98 Å². The molecule has 1 aromatic heterocycles. The minimum absolute atomic E-state index is 0. The smallest absolute Gasteiger partial charge is 0.226 e. The van der Waals surface area contributed by atoms with Gasteiger partial charge >= 0.3 is 0 Å². The van der Waals surface area contributed by atoms with E-state index in [1.807, 2.05) is 19.1 Å². The van der Waals surface area contributed by atoms with E-state index in [9.17, 15) is 4.79 Å². The number of amides is 1. The van der Waals surface area contributed by atoms with Crippen molar-refractivity contribution in [1.29, 1.82) is 0 Å². The summed E-state index contributed by atoms with van der Waals surface area (Å²) in [6.45, 7) is 3.17. The van der Waals surface area contributed by atoms with Gasteiger partial charge in [0.1, 0.15) is 0 Å². The molecule has 0 aliphatic heterocycles. The molecule has 1 aromatic carbocycles. The number of nitrogens with two attached hydrogens (primary N) is 1. The van der Waals surface area contributed by atoms with Crippen molar-refractivity contribution in [3.05, 3.63) is 35.2 Å². The normalized spacial score (nSPS) is 11.6. The minimum Gasteiger partial charge on any atom is -0.356 e. The summed E-state index contributed by atoms with van der Waals surface area (Å²) < 4.78 is 5.20. The lowest BCUT2D eigenvalue weighted by molar-refractivity contribution is -0.121. The van der Waals surface area contributed by atoms with Crippen LogP contribution in [0.15, 0.2) is 28.8 Å². The van der Waals surface area contributed by atoms with Crippen LogP contribution in [0.2, 0.25) is 5.02 Å². The van der Waals surface area contributed by atoms with Crippen LogP contribution in [-0.4, -0.2) is 29.1 Å². The van der Waals surface area contributed by atoms with E-state index in [0.717, 1.165) is 5.56 Å². The number of hydrogen-bond acceptors (Lipinski definition) is 5. The maximum absolute atomic E-state index is 11.7. The SMILES string of the molecule is CC(CN)CNC(=O)CCCc1nc(-c2ccc(Cl)cc2)no1.Cl. The first-order valence-corrected chi connectivity index (χ1v) is 8.01. The molecule has 8 heteroatoms. The Labute approximate surface area is 152 Å². The van der Waals surface area contributed by atoms with Gasteiger partial charge in [-0.3, -0.25) is 4.79 Å². The third-order valence-corrected chi connectivity index (χ3v) is 3.67. The van der Waals surface area contributed by atoms with E-state index in [1.54, 1.807) is 12.1 Å². The lowest BCUT2D eigenvalue weighted by Gasteiger charge is -2.09. The standard InChI is InChI=1S/C16H21ClN4O2.ClH/c1-11(9-18)10-19-14(22)3-2-4-15-20-16(21-23-15)12-5-7-13(17)8-6-12;/h5-8,11H,2-4,9-10,18H2,1H3,(H,19,22);1H. The Balaban J connectivity index is 0.00000288. The second-order valence-electron chi connectivity index (χ2n) is 5.52. The van der Waals surface area contributed by atoms with E-state index in [0.29, 0.717) is 49.1 Å². The lowest BCUT2D eigenvalue weighted by atomic mass is 10.2. The summed E-state index contributed by atoms with van der Waals surface area (Å²) in [5, 5.41) is 7.46. The van der Waals surface area contributed by atoms with Gasteiger partial charge in [-0.25, -0.2) is 0 Å². The summed E-state index contributed by atoms with van der Waals surface area (Å²) >= 11 is 5.85.